The van der Waals surface area contributed by atoms with Gasteiger partial charge in [0, 0.05) is 6.20 Å². The van der Waals surface area contributed by atoms with Crippen LogP contribution in [-0.2, 0) is 22.6 Å². The van der Waals surface area contributed by atoms with Crippen molar-refractivity contribution in [2.24, 2.45) is 5.92 Å². The highest BCUT2D eigenvalue weighted by Crippen LogP contribution is 2.19. The molecule has 0 radical (unpaired) electrons. The molecule has 3 atom stereocenters. The number of benzene rings is 2. The molecule has 3 aromatic rings. The van der Waals surface area contributed by atoms with Gasteiger partial charge in [0.25, 0.3) is 0 Å². The third-order valence-electron chi connectivity index (χ3n) is 5.81. The zero-order chi connectivity index (χ0) is 25.8. The van der Waals surface area contributed by atoms with Crippen molar-refractivity contribution in [3.63, 3.8) is 0 Å². The smallest absolute Gasteiger partial charge is 0.408 e. The molecule has 3 rings (SSSR count). The first-order valence-electron chi connectivity index (χ1n) is 12.3. The molecule has 2 amide bonds. The topological polar surface area (TPSA) is 101 Å². The SMILES string of the molecule is CC(C)CC(NC(=O)OCc1ccccc1)C(=O)NC(CCc1ccccc1)C(O)c1ccccn1. The minimum atomic E-state index is -0.997. The lowest BCUT2D eigenvalue weighted by molar-refractivity contribution is -0.125. The molecule has 0 aliphatic heterocycles. The predicted molar refractivity (Wildman–Crippen MR) is 139 cm³/mol. The first-order chi connectivity index (χ1) is 17.4. The van der Waals surface area contributed by atoms with Gasteiger partial charge < -0.3 is 20.5 Å². The average molecular weight is 490 g/mol. The highest BCUT2D eigenvalue weighted by Gasteiger charge is 2.29. The van der Waals surface area contributed by atoms with Gasteiger partial charge in [0.1, 0.15) is 18.8 Å². The Labute approximate surface area is 212 Å². The molecular formula is C29H35N3O4. The molecule has 1 heterocycles. The quantitative estimate of drug-likeness (QED) is 0.346. The molecule has 0 saturated carbocycles. The van der Waals surface area contributed by atoms with Crippen molar-refractivity contribution in [1.82, 2.24) is 15.6 Å². The van der Waals surface area contributed by atoms with Crippen LogP contribution >= 0.6 is 0 Å². The first-order valence-corrected chi connectivity index (χ1v) is 12.3. The maximum atomic E-state index is 13.3. The predicted octanol–water partition coefficient (Wildman–Crippen LogP) is 4.57. The molecule has 7 nitrogen and oxygen atoms in total. The van der Waals surface area contributed by atoms with Crippen molar-refractivity contribution in [2.75, 3.05) is 0 Å². The number of aromatic nitrogens is 1. The highest BCUT2D eigenvalue weighted by atomic mass is 16.5. The van der Waals surface area contributed by atoms with E-state index in [9.17, 15) is 14.7 Å². The zero-order valence-electron chi connectivity index (χ0n) is 20.8. The first kappa shape index (κ1) is 26.9. The van der Waals surface area contributed by atoms with E-state index in [4.69, 9.17) is 4.74 Å². The molecule has 3 unspecified atom stereocenters. The molecule has 0 aliphatic rings. The van der Waals surface area contributed by atoms with Crippen molar-refractivity contribution >= 4 is 12.0 Å². The van der Waals surface area contributed by atoms with Gasteiger partial charge in [-0.15, -0.1) is 0 Å². The Morgan fingerprint density at radius 2 is 1.53 bits per heavy atom. The van der Waals surface area contributed by atoms with E-state index >= 15 is 0 Å². The summed E-state index contributed by atoms with van der Waals surface area (Å²) in [4.78, 5) is 30.1. The van der Waals surface area contributed by atoms with Crippen LogP contribution < -0.4 is 10.6 Å². The van der Waals surface area contributed by atoms with E-state index in [0.717, 1.165) is 11.1 Å². The second kappa shape index (κ2) is 14.0. The summed E-state index contributed by atoms with van der Waals surface area (Å²) in [5.41, 5.74) is 2.44. The molecule has 0 bridgehead atoms. The number of ether oxygens (including phenoxy) is 1. The van der Waals surface area contributed by atoms with Gasteiger partial charge in [0.05, 0.1) is 11.7 Å². The van der Waals surface area contributed by atoms with Crippen LogP contribution in [0.4, 0.5) is 4.79 Å². The van der Waals surface area contributed by atoms with Crippen LogP contribution in [0.2, 0.25) is 0 Å². The Morgan fingerprint density at radius 1 is 0.889 bits per heavy atom. The molecule has 7 heteroatoms. The number of aliphatic hydroxyl groups is 1. The molecule has 190 valence electrons. The Balaban J connectivity index is 1.68. The van der Waals surface area contributed by atoms with Crippen LogP contribution in [0.3, 0.4) is 0 Å². The number of aliphatic hydroxyl groups excluding tert-OH is 1. The van der Waals surface area contributed by atoms with Gasteiger partial charge in [-0.3, -0.25) is 9.78 Å². The van der Waals surface area contributed by atoms with Gasteiger partial charge in [-0.2, -0.15) is 0 Å². The van der Waals surface area contributed by atoms with Gasteiger partial charge in [0.2, 0.25) is 5.91 Å². The van der Waals surface area contributed by atoms with E-state index in [1.54, 1.807) is 24.4 Å². The van der Waals surface area contributed by atoms with Gasteiger partial charge in [-0.25, -0.2) is 4.79 Å². The maximum absolute atomic E-state index is 13.3. The number of pyridine rings is 1. The lowest BCUT2D eigenvalue weighted by atomic mass is 9.97. The minimum Gasteiger partial charge on any atom is -0.445 e. The number of hydrogen-bond donors (Lipinski definition) is 3. The summed E-state index contributed by atoms with van der Waals surface area (Å²) in [6, 6.07) is 23.2. The second-order valence-electron chi connectivity index (χ2n) is 9.23. The fourth-order valence-corrected chi connectivity index (χ4v) is 3.93. The van der Waals surface area contributed by atoms with Crippen LogP contribution in [-0.4, -0.2) is 34.2 Å². The number of carbonyl (C=O) groups is 2. The van der Waals surface area contributed by atoms with Crippen molar-refractivity contribution in [1.29, 1.82) is 0 Å². The van der Waals surface area contributed by atoms with Crippen LogP contribution in [0.1, 0.15) is 49.6 Å². The number of amides is 2. The Morgan fingerprint density at radius 3 is 2.14 bits per heavy atom. The molecule has 0 saturated heterocycles. The van der Waals surface area contributed by atoms with Gasteiger partial charge >= 0.3 is 6.09 Å². The van der Waals surface area contributed by atoms with Gasteiger partial charge in [-0.1, -0.05) is 80.6 Å². The number of carbonyl (C=O) groups excluding carboxylic acids is 2. The normalized spacial score (nSPS) is 13.4. The van der Waals surface area contributed by atoms with Gasteiger partial charge in [-0.05, 0) is 48.4 Å². The molecular weight excluding hydrogens is 454 g/mol. The molecule has 1 aromatic heterocycles. The number of aryl methyl sites for hydroxylation is 1. The van der Waals surface area contributed by atoms with E-state index in [1.807, 2.05) is 74.5 Å². The molecule has 2 aromatic carbocycles. The van der Waals surface area contributed by atoms with Crippen molar-refractivity contribution in [3.05, 3.63) is 102 Å². The van der Waals surface area contributed by atoms with Crippen LogP contribution in [0.15, 0.2) is 85.1 Å². The van der Waals surface area contributed by atoms with E-state index in [-0.39, 0.29) is 18.4 Å². The van der Waals surface area contributed by atoms with Crippen LogP contribution in [0.5, 0.6) is 0 Å². The minimum absolute atomic E-state index is 0.112. The lowest BCUT2D eigenvalue weighted by Crippen LogP contribution is -2.51. The number of nitrogens with zero attached hydrogens (tertiary/aromatic N) is 1. The summed E-state index contributed by atoms with van der Waals surface area (Å²) < 4.78 is 5.33. The summed E-state index contributed by atoms with van der Waals surface area (Å²) in [6.07, 6.45) is 1.55. The third kappa shape index (κ3) is 8.82. The second-order valence-corrected chi connectivity index (χ2v) is 9.23. The van der Waals surface area contributed by atoms with Crippen molar-refractivity contribution in [2.45, 2.75) is 57.9 Å². The standard InChI is InChI=1S/C29H35N3O4/c1-21(2)19-26(32-29(35)36-20-23-13-7-4-8-14-23)28(34)31-25(17-16-22-11-5-3-6-12-22)27(33)24-15-9-10-18-30-24/h3-15,18,21,25-27,33H,16-17,19-20H2,1-2H3,(H,31,34)(H,32,35). The summed E-state index contributed by atoms with van der Waals surface area (Å²) >= 11 is 0. The average Bonchev–Trinajstić information content (AvgIpc) is 2.90. The molecule has 3 N–H and O–H groups in total. The molecule has 0 fully saturated rings. The Hall–Kier alpha value is -3.71. The van der Waals surface area contributed by atoms with Crippen LogP contribution in [0.25, 0.3) is 0 Å². The fraction of sp³-hybridized carbons (Fsp3) is 0.345. The lowest BCUT2D eigenvalue weighted by Gasteiger charge is -2.27. The number of nitrogens with one attached hydrogen (secondary N) is 2. The number of alkyl carbamates (subject to hydrolysis) is 1. The van der Waals surface area contributed by atoms with E-state index in [1.165, 1.54) is 0 Å². The van der Waals surface area contributed by atoms with Crippen molar-refractivity contribution < 1.29 is 19.4 Å². The van der Waals surface area contributed by atoms with E-state index in [2.05, 4.69) is 15.6 Å². The summed E-state index contributed by atoms with van der Waals surface area (Å²) in [5.74, 6) is -0.216. The van der Waals surface area contributed by atoms with E-state index < -0.39 is 24.3 Å². The summed E-state index contributed by atoms with van der Waals surface area (Å²) in [6.45, 7) is 4.07. The van der Waals surface area contributed by atoms with Gasteiger partial charge in [0.15, 0.2) is 0 Å². The Bertz CT molecular complexity index is 1060. The zero-order valence-corrected chi connectivity index (χ0v) is 20.8. The monoisotopic (exact) mass is 489 g/mol. The number of rotatable bonds is 12. The molecule has 0 aliphatic carbocycles. The fourth-order valence-electron chi connectivity index (χ4n) is 3.93. The summed E-state index contributed by atoms with van der Waals surface area (Å²) in [7, 11) is 0. The largest absolute Gasteiger partial charge is 0.445 e. The molecule has 0 spiro atoms. The third-order valence-corrected chi connectivity index (χ3v) is 5.81. The molecule has 36 heavy (non-hydrogen) atoms. The Kier molecular flexibility index (Phi) is 10.5. The summed E-state index contributed by atoms with van der Waals surface area (Å²) in [5, 5.41) is 16.8. The van der Waals surface area contributed by atoms with E-state index in [0.29, 0.717) is 25.0 Å². The maximum Gasteiger partial charge on any atom is 0.408 e. The van der Waals surface area contributed by atoms with Crippen LogP contribution in [0, 0.1) is 5.92 Å². The highest BCUT2D eigenvalue weighted by molar-refractivity contribution is 5.85. The van der Waals surface area contributed by atoms with Crippen molar-refractivity contribution in [3.8, 4) is 0 Å². The number of hydrogen-bond acceptors (Lipinski definition) is 5.